The number of amides is 1. The lowest BCUT2D eigenvalue weighted by atomic mass is 10.2. The van der Waals surface area contributed by atoms with Gasteiger partial charge in [0.15, 0.2) is 0 Å². The molecule has 1 amide bonds. The van der Waals surface area contributed by atoms with Crippen molar-refractivity contribution in [1.29, 1.82) is 0 Å². The van der Waals surface area contributed by atoms with Gasteiger partial charge in [-0.05, 0) is 43.2 Å². The van der Waals surface area contributed by atoms with Gasteiger partial charge in [-0.15, -0.1) is 10.2 Å². The van der Waals surface area contributed by atoms with Crippen LogP contribution in [0.1, 0.15) is 17.9 Å². The van der Waals surface area contributed by atoms with E-state index in [1.54, 1.807) is 28.4 Å². The molecule has 0 aliphatic carbocycles. The van der Waals surface area contributed by atoms with Crippen molar-refractivity contribution in [2.75, 3.05) is 27.2 Å². The number of rotatable bonds is 9. The van der Waals surface area contributed by atoms with Crippen molar-refractivity contribution in [2.24, 2.45) is 0 Å². The lowest BCUT2D eigenvalue weighted by molar-refractivity contribution is -0.132. The van der Waals surface area contributed by atoms with Gasteiger partial charge in [-0.25, -0.2) is 4.39 Å². The van der Waals surface area contributed by atoms with Crippen LogP contribution >= 0.6 is 11.3 Å². The number of benzene rings is 1. The SMILES string of the molecule is CN(C)CCN(Cc1ccc(F)cc1)C(=O)CCc1nnc(-c2ccsc2)o1. The van der Waals surface area contributed by atoms with E-state index >= 15 is 0 Å². The summed E-state index contributed by atoms with van der Waals surface area (Å²) in [6.45, 7) is 1.78. The molecule has 1 aromatic carbocycles. The Hall–Kier alpha value is -2.58. The zero-order valence-corrected chi connectivity index (χ0v) is 16.8. The Balaban J connectivity index is 1.60. The Morgan fingerprint density at radius 3 is 2.61 bits per heavy atom. The molecule has 3 aromatic rings. The zero-order chi connectivity index (χ0) is 19.9. The van der Waals surface area contributed by atoms with Gasteiger partial charge < -0.3 is 14.2 Å². The normalized spacial score (nSPS) is 11.1. The molecule has 0 aliphatic rings. The van der Waals surface area contributed by atoms with Crippen molar-refractivity contribution in [3.05, 3.63) is 58.4 Å². The van der Waals surface area contributed by atoms with E-state index in [9.17, 15) is 9.18 Å². The topological polar surface area (TPSA) is 62.5 Å². The van der Waals surface area contributed by atoms with E-state index in [-0.39, 0.29) is 18.1 Å². The van der Waals surface area contributed by atoms with Crippen molar-refractivity contribution in [3.8, 4) is 11.5 Å². The lowest BCUT2D eigenvalue weighted by Gasteiger charge is -2.24. The van der Waals surface area contributed by atoms with Gasteiger partial charge >= 0.3 is 0 Å². The Kier molecular flexibility index (Phi) is 6.89. The van der Waals surface area contributed by atoms with E-state index in [0.29, 0.717) is 31.3 Å². The Bertz CT molecular complexity index is 878. The van der Waals surface area contributed by atoms with Crippen LogP contribution in [0.5, 0.6) is 0 Å². The zero-order valence-electron chi connectivity index (χ0n) is 16.0. The van der Waals surface area contributed by atoms with Crippen LogP contribution < -0.4 is 0 Å². The molecular weight excluding hydrogens is 379 g/mol. The van der Waals surface area contributed by atoms with Crippen LogP contribution in [-0.4, -0.2) is 53.1 Å². The third kappa shape index (κ3) is 5.71. The van der Waals surface area contributed by atoms with E-state index in [0.717, 1.165) is 17.7 Å². The summed E-state index contributed by atoms with van der Waals surface area (Å²) in [6, 6.07) is 8.15. The predicted molar refractivity (Wildman–Crippen MR) is 106 cm³/mol. The molecule has 3 rings (SSSR count). The molecule has 0 saturated heterocycles. The first-order valence-electron chi connectivity index (χ1n) is 9.03. The number of nitrogens with zero attached hydrogens (tertiary/aromatic N) is 4. The van der Waals surface area contributed by atoms with Crippen LogP contribution in [0, 0.1) is 5.82 Å². The minimum atomic E-state index is -0.285. The van der Waals surface area contributed by atoms with E-state index < -0.39 is 0 Å². The number of aromatic nitrogens is 2. The summed E-state index contributed by atoms with van der Waals surface area (Å²) < 4.78 is 18.8. The average Bonchev–Trinajstić information content (AvgIpc) is 3.36. The largest absolute Gasteiger partial charge is 0.421 e. The maximum Gasteiger partial charge on any atom is 0.248 e. The monoisotopic (exact) mass is 402 g/mol. The third-order valence-corrected chi connectivity index (χ3v) is 4.93. The van der Waals surface area contributed by atoms with Gasteiger partial charge in [0.25, 0.3) is 0 Å². The fourth-order valence-corrected chi connectivity index (χ4v) is 3.28. The molecule has 0 unspecified atom stereocenters. The molecule has 6 nitrogen and oxygen atoms in total. The molecule has 0 saturated carbocycles. The molecule has 0 radical (unpaired) electrons. The summed E-state index contributed by atoms with van der Waals surface area (Å²) in [7, 11) is 3.93. The Labute approximate surface area is 167 Å². The second kappa shape index (κ2) is 9.57. The van der Waals surface area contributed by atoms with Crippen molar-refractivity contribution in [1.82, 2.24) is 20.0 Å². The molecule has 0 aliphatic heterocycles. The van der Waals surface area contributed by atoms with Crippen LogP contribution in [0.3, 0.4) is 0 Å². The fourth-order valence-electron chi connectivity index (χ4n) is 2.65. The van der Waals surface area contributed by atoms with Crippen molar-refractivity contribution >= 4 is 17.2 Å². The van der Waals surface area contributed by atoms with Gasteiger partial charge in [-0.1, -0.05) is 12.1 Å². The first kappa shape index (κ1) is 20.2. The van der Waals surface area contributed by atoms with Gasteiger partial charge in [0, 0.05) is 43.4 Å². The van der Waals surface area contributed by atoms with E-state index in [1.807, 2.05) is 35.8 Å². The van der Waals surface area contributed by atoms with E-state index in [1.165, 1.54) is 12.1 Å². The summed E-state index contributed by atoms with van der Waals surface area (Å²) in [5.74, 6) is 0.637. The average molecular weight is 402 g/mol. The molecule has 0 N–H and O–H groups in total. The lowest BCUT2D eigenvalue weighted by Crippen LogP contribution is -2.36. The molecular formula is C20H23FN4O2S. The highest BCUT2D eigenvalue weighted by molar-refractivity contribution is 7.08. The number of likely N-dealkylation sites (N-methyl/N-ethyl adjacent to an activating group) is 1. The van der Waals surface area contributed by atoms with Gasteiger partial charge in [0.05, 0.1) is 0 Å². The summed E-state index contributed by atoms with van der Waals surface area (Å²) in [4.78, 5) is 16.6. The van der Waals surface area contributed by atoms with Crippen molar-refractivity contribution in [3.63, 3.8) is 0 Å². The predicted octanol–water partition coefficient (Wildman–Crippen LogP) is 3.46. The number of hydrogen-bond acceptors (Lipinski definition) is 6. The molecule has 148 valence electrons. The quantitative estimate of drug-likeness (QED) is 0.549. The maximum atomic E-state index is 13.1. The number of hydrogen-bond donors (Lipinski definition) is 0. The second-order valence-electron chi connectivity index (χ2n) is 6.76. The smallest absolute Gasteiger partial charge is 0.248 e. The van der Waals surface area contributed by atoms with E-state index in [2.05, 4.69) is 10.2 Å². The minimum absolute atomic E-state index is 0.00135. The fraction of sp³-hybridized carbons (Fsp3) is 0.350. The highest BCUT2D eigenvalue weighted by atomic mass is 32.1. The van der Waals surface area contributed by atoms with Crippen molar-refractivity contribution in [2.45, 2.75) is 19.4 Å². The van der Waals surface area contributed by atoms with E-state index in [4.69, 9.17) is 4.42 Å². The van der Waals surface area contributed by atoms with Gasteiger partial charge in [-0.2, -0.15) is 11.3 Å². The highest BCUT2D eigenvalue weighted by Gasteiger charge is 2.17. The Morgan fingerprint density at radius 1 is 1.14 bits per heavy atom. The maximum absolute atomic E-state index is 13.1. The molecule has 0 bridgehead atoms. The number of thiophene rings is 1. The first-order valence-corrected chi connectivity index (χ1v) is 9.97. The standard InChI is InChI=1S/C20H23FN4O2S/c1-24(2)10-11-25(13-15-3-5-17(21)6-4-15)19(26)8-7-18-22-23-20(27-18)16-9-12-28-14-16/h3-6,9,12,14H,7-8,10-11,13H2,1-2H3. The Morgan fingerprint density at radius 2 is 1.93 bits per heavy atom. The van der Waals surface area contributed by atoms with Crippen molar-refractivity contribution < 1.29 is 13.6 Å². The van der Waals surface area contributed by atoms with Crippen LogP contribution in [0.25, 0.3) is 11.5 Å². The summed E-state index contributed by atoms with van der Waals surface area (Å²) in [5, 5.41) is 12.0. The summed E-state index contributed by atoms with van der Waals surface area (Å²) in [5.41, 5.74) is 1.78. The number of aryl methyl sites for hydroxylation is 1. The van der Waals surface area contributed by atoms with Gasteiger partial charge in [0.1, 0.15) is 5.82 Å². The molecule has 0 fully saturated rings. The van der Waals surface area contributed by atoms with Gasteiger partial charge in [-0.3, -0.25) is 4.79 Å². The van der Waals surface area contributed by atoms with Gasteiger partial charge in [0.2, 0.25) is 17.7 Å². The molecule has 8 heteroatoms. The van der Waals surface area contributed by atoms with Crippen LogP contribution in [-0.2, 0) is 17.8 Å². The van der Waals surface area contributed by atoms with Crippen LogP contribution in [0.4, 0.5) is 4.39 Å². The third-order valence-electron chi connectivity index (χ3n) is 4.24. The number of carbonyl (C=O) groups is 1. The molecule has 2 heterocycles. The molecule has 2 aromatic heterocycles. The molecule has 0 atom stereocenters. The molecule has 0 spiro atoms. The minimum Gasteiger partial charge on any atom is -0.421 e. The summed E-state index contributed by atoms with van der Waals surface area (Å²) in [6.07, 6.45) is 0.664. The summed E-state index contributed by atoms with van der Waals surface area (Å²) >= 11 is 1.56. The number of halogens is 1. The second-order valence-corrected chi connectivity index (χ2v) is 7.54. The number of carbonyl (C=O) groups excluding carboxylic acids is 1. The van der Waals surface area contributed by atoms with Crippen LogP contribution in [0.15, 0.2) is 45.5 Å². The molecule has 28 heavy (non-hydrogen) atoms. The first-order chi connectivity index (χ1) is 13.5. The van der Waals surface area contributed by atoms with Crippen LogP contribution in [0.2, 0.25) is 0 Å². The highest BCUT2D eigenvalue weighted by Crippen LogP contribution is 2.21.